The van der Waals surface area contributed by atoms with Crippen molar-refractivity contribution >= 4 is 5.91 Å². The maximum Gasteiger partial charge on any atom is 0.252 e. The van der Waals surface area contributed by atoms with Crippen molar-refractivity contribution in [3.8, 4) is 23.0 Å². The highest BCUT2D eigenvalue weighted by Gasteiger charge is 2.17. The van der Waals surface area contributed by atoms with Gasteiger partial charge in [0.1, 0.15) is 23.0 Å². The van der Waals surface area contributed by atoms with Gasteiger partial charge >= 0.3 is 0 Å². The van der Waals surface area contributed by atoms with E-state index in [0.29, 0.717) is 28.6 Å². The first-order chi connectivity index (χ1) is 12.0. The van der Waals surface area contributed by atoms with Gasteiger partial charge < -0.3 is 24.3 Å². The number of methoxy groups -OCH3 is 4. The Kier molecular flexibility index (Phi) is 6.11. The number of ether oxygens (including phenoxy) is 4. The second-order valence-electron chi connectivity index (χ2n) is 5.40. The third-order valence-corrected chi connectivity index (χ3v) is 3.86. The van der Waals surface area contributed by atoms with Crippen LogP contribution in [0.1, 0.15) is 28.9 Å². The minimum atomic E-state index is -0.283. The molecule has 0 fully saturated rings. The van der Waals surface area contributed by atoms with Gasteiger partial charge in [0.25, 0.3) is 5.91 Å². The fourth-order valence-corrected chi connectivity index (χ4v) is 2.47. The third kappa shape index (κ3) is 4.35. The summed E-state index contributed by atoms with van der Waals surface area (Å²) in [4.78, 5) is 12.6. The zero-order chi connectivity index (χ0) is 18.4. The molecule has 2 aromatic carbocycles. The van der Waals surface area contributed by atoms with E-state index in [0.717, 1.165) is 5.56 Å². The van der Waals surface area contributed by atoms with Crippen molar-refractivity contribution < 1.29 is 23.7 Å². The first-order valence-electron chi connectivity index (χ1n) is 7.78. The molecule has 6 nitrogen and oxygen atoms in total. The topological polar surface area (TPSA) is 66.0 Å². The summed E-state index contributed by atoms with van der Waals surface area (Å²) in [7, 11) is 6.27. The first kappa shape index (κ1) is 18.4. The van der Waals surface area contributed by atoms with E-state index < -0.39 is 0 Å². The minimum Gasteiger partial charge on any atom is -0.497 e. The van der Waals surface area contributed by atoms with Crippen LogP contribution in [0.5, 0.6) is 23.0 Å². The van der Waals surface area contributed by atoms with Gasteiger partial charge in [-0.2, -0.15) is 0 Å². The molecule has 0 saturated carbocycles. The number of benzene rings is 2. The fourth-order valence-electron chi connectivity index (χ4n) is 2.47. The summed E-state index contributed by atoms with van der Waals surface area (Å²) < 4.78 is 21.0. The van der Waals surface area contributed by atoms with Crippen LogP contribution < -0.4 is 24.3 Å². The molecule has 25 heavy (non-hydrogen) atoms. The monoisotopic (exact) mass is 345 g/mol. The summed E-state index contributed by atoms with van der Waals surface area (Å²) >= 11 is 0. The van der Waals surface area contributed by atoms with E-state index in [2.05, 4.69) is 5.32 Å². The maximum atomic E-state index is 12.6. The standard InChI is InChI=1S/C19H23NO5/c1-12(17-11-14(22-2)6-7-18(17)25-5)20-19(21)13-8-15(23-3)10-16(9-13)24-4/h6-12H,1-5H3,(H,20,21). The summed E-state index contributed by atoms with van der Waals surface area (Å²) in [6.45, 7) is 1.88. The molecule has 0 aliphatic heterocycles. The molecule has 2 aromatic rings. The Morgan fingerprint density at radius 1 is 0.840 bits per heavy atom. The zero-order valence-corrected chi connectivity index (χ0v) is 15.1. The fraction of sp³-hybridized carbons (Fsp3) is 0.316. The zero-order valence-electron chi connectivity index (χ0n) is 15.1. The van der Waals surface area contributed by atoms with Gasteiger partial charge in [-0.25, -0.2) is 0 Å². The second kappa shape index (κ2) is 8.28. The molecule has 0 aromatic heterocycles. The normalized spacial score (nSPS) is 11.4. The highest BCUT2D eigenvalue weighted by Crippen LogP contribution is 2.30. The molecule has 0 saturated heterocycles. The smallest absolute Gasteiger partial charge is 0.252 e. The number of hydrogen-bond acceptors (Lipinski definition) is 5. The van der Waals surface area contributed by atoms with Crippen LogP contribution in [0.2, 0.25) is 0 Å². The van der Waals surface area contributed by atoms with Crippen molar-refractivity contribution in [2.45, 2.75) is 13.0 Å². The quantitative estimate of drug-likeness (QED) is 0.835. The number of carbonyl (C=O) groups excluding carboxylic acids is 1. The van der Waals surface area contributed by atoms with Crippen molar-refractivity contribution in [2.75, 3.05) is 28.4 Å². The predicted molar refractivity (Wildman–Crippen MR) is 95.0 cm³/mol. The van der Waals surface area contributed by atoms with E-state index in [1.165, 1.54) is 0 Å². The molecule has 1 amide bonds. The summed E-state index contributed by atoms with van der Waals surface area (Å²) in [6, 6.07) is 10.2. The van der Waals surface area contributed by atoms with Gasteiger partial charge in [-0.15, -0.1) is 0 Å². The Bertz CT molecular complexity index is 722. The molecule has 2 rings (SSSR count). The van der Waals surface area contributed by atoms with Crippen LogP contribution in [0.4, 0.5) is 0 Å². The lowest BCUT2D eigenvalue weighted by Crippen LogP contribution is -2.27. The van der Waals surface area contributed by atoms with Crippen LogP contribution >= 0.6 is 0 Å². The minimum absolute atomic E-state index is 0.241. The average Bonchev–Trinajstić information content (AvgIpc) is 2.66. The van der Waals surface area contributed by atoms with Crippen LogP contribution in [-0.4, -0.2) is 34.3 Å². The number of nitrogens with one attached hydrogen (secondary N) is 1. The molecule has 0 heterocycles. The SMILES string of the molecule is COc1cc(OC)cc(C(=O)NC(C)c2cc(OC)ccc2OC)c1. The highest BCUT2D eigenvalue weighted by molar-refractivity contribution is 5.95. The van der Waals surface area contributed by atoms with E-state index in [1.807, 2.05) is 25.1 Å². The Morgan fingerprint density at radius 2 is 1.44 bits per heavy atom. The van der Waals surface area contributed by atoms with E-state index in [1.54, 1.807) is 46.6 Å². The van der Waals surface area contributed by atoms with Crippen molar-refractivity contribution in [3.05, 3.63) is 47.5 Å². The van der Waals surface area contributed by atoms with Crippen molar-refractivity contribution in [2.24, 2.45) is 0 Å². The van der Waals surface area contributed by atoms with Crippen molar-refractivity contribution in [3.63, 3.8) is 0 Å². The predicted octanol–water partition coefficient (Wildman–Crippen LogP) is 3.21. The number of hydrogen-bond donors (Lipinski definition) is 1. The van der Waals surface area contributed by atoms with Crippen molar-refractivity contribution in [1.29, 1.82) is 0 Å². The van der Waals surface area contributed by atoms with E-state index >= 15 is 0 Å². The molecular formula is C19H23NO5. The molecular weight excluding hydrogens is 322 g/mol. The Hall–Kier alpha value is -2.89. The van der Waals surface area contributed by atoms with Crippen LogP contribution in [0, 0.1) is 0 Å². The summed E-state index contributed by atoms with van der Waals surface area (Å²) in [5, 5.41) is 2.96. The Balaban J connectivity index is 2.26. The molecule has 1 atom stereocenters. The average molecular weight is 345 g/mol. The molecule has 0 spiro atoms. The van der Waals surface area contributed by atoms with Gasteiger partial charge in [0.15, 0.2) is 0 Å². The Morgan fingerprint density at radius 3 is 1.96 bits per heavy atom. The maximum absolute atomic E-state index is 12.6. The molecule has 134 valence electrons. The van der Waals surface area contributed by atoms with Crippen molar-refractivity contribution in [1.82, 2.24) is 5.32 Å². The molecule has 0 radical (unpaired) electrons. The largest absolute Gasteiger partial charge is 0.497 e. The molecule has 0 aliphatic carbocycles. The molecule has 6 heteroatoms. The number of amides is 1. The number of rotatable bonds is 7. The molecule has 1 unspecified atom stereocenters. The lowest BCUT2D eigenvalue weighted by molar-refractivity contribution is 0.0938. The summed E-state index contributed by atoms with van der Waals surface area (Å²) in [5.74, 6) is 2.23. The Labute approximate surface area is 147 Å². The van der Waals surface area contributed by atoms with Crippen LogP contribution in [0.3, 0.4) is 0 Å². The van der Waals surface area contributed by atoms with Gasteiger partial charge in [-0.3, -0.25) is 4.79 Å². The summed E-state index contributed by atoms with van der Waals surface area (Å²) in [6.07, 6.45) is 0. The molecule has 0 aliphatic rings. The van der Waals surface area contributed by atoms with Gasteiger partial charge in [-0.1, -0.05) is 0 Å². The molecule has 1 N–H and O–H groups in total. The van der Waals surface area contributed by atoms with Gasteiger partial charge in [0, 0.05) is 17.2 Å². The van der Waals surface area contributed by atoms with Gasteiger partial charge in [0.05, 0.1) is 34.5 Å². The van der Waals surface area contributed by atoms with Crippen LogP contribution in [0.25, 0.3) is 0 Å². The van der Waals surface area contributed by atoms with E-state index in [-0.39, 0.29) is 11.9 Å². The summed E-state index contributed by atoms with van der Waals surface area (Å²) in [5.41, 5.74) is 1.27. The first-order valence-corrected chi connectivity index (χ1v) is 7.78. The van der Waals surface area contributed by atoms with E-state index in [4.69, 9.17) is 18.9 Å². The lowest BCUT2D eigenvalue weighted by Gasteiger charge is -2.18. The molecule has 0 bridgehead atoms. The van der Waals surface area contributed by atoms with Gasteiger partial charge in [-0.05, 0) is 37.3 Å². The second-order valence-corrected chi connectivity index (χ2v) is 5.40. The van der Waals surface area contributed by atoms with Gasteiger partial charge in [0.2, 0.25) is 0 Å². The third-order valence-electron chi connectivity index (χ3n) is 3.86. The van der Waals surface area contributed by atoms with Crippen LogP contribution in [-0.2, 0) is 0 Å². The van der Waals surface area contributed by atoms with Crippen LogP contribution in [0.15, 0.2) is 36.4 Å². The lowest BCUT2D eigenvalue weighted by atomic mass is 10.1. The highest BCUT2D eigenvalue weighted by atomic mass is 16.5. The van der Waals surface area contributed by atoms with E-state index in [9.17, 15) is 4.79 Å². The number of carbonyl (C=O) groups is 1.